The maximum atomic E-state index is 12.0. The third-order valence-corrected chi connectivity index (χ3v) is 4.32. The molecule has 4 heterocycles. The van der Waals surface area contributed by atoms with E-state index in [9.17, 15) is 9.59 Å². The number of nitrogens with one attached hydrogen (secondary N) is 2. The molecule has 0 aromatic carbocycles. The van der Waals surface area contributed by atoms with Gasteiger partial charge in [0.2, 0.25) is 11.4 Å². The molecule has 0 unspecified atom stereocenters. The fraction of sp³-hybridized carbons (Fsp3) is 0.125. The normalized spacial score (nSPS) is 10.8. The van der Waals surface area contributed by atoms with Crippen LogP contribution in [0, 0.1) is 0 Å². The summed E-state index contributed by atoms with van der Waals surface area (Å²) in [6.45, 7) is 0.748. The third-order valence-electron chi connectivity index (χ3n) is 3.64. The van der Waals surface area contributed by atoms with Crippen molar-refractivity contribution >= 4 is 17.2 Å². The highest BCUT2D eigenvalue weighted by molar-refractivity contribution is 7.08. The van der Waals surface area contributed by atoms with Gasteiger partial charge in [-0.3, -0.25) is 9.59 Å². The Hall–Kier alpha value is -3.60. The number of nitrogens with zero attached hydrogens (tertiary/aromatic N) is 5. The summed E-state index contributed by atoms with van der Waals surface area (Å²) in [6, 6.07) is 4.66. The summed E-state index contributed by atoms with van der Waals surface area (Å²) in [6.07, 6.45) is 3.03. The molecule has 4 aromatic rings. The van der Waals surface area contributed by atoms with Gasteiger partial charge in [-0.2, -0.15) is 16.3 Å². The van der Waals surface area contributed by atoms with Crippen LogP contribution in [-0.2, 0) is 6.54 Å². The second-order valence-corrected chi connectivity index (χ2v) is 6.28. The first kappa shape index (κ1) is 16.8. The summed E-state index contributed by atoms with van der Waals surface area (Å²) < 4.78 is 6.79. The zero-order valence-electron chi connectivity index (χ0n) is 13.8. The van der Waals surface area contributed by atoms with E-state index in [1.165, 1.54) is 18.3 Å². The Morgan fingerprint density at radius 2 is 2.26 bits per heavy atom. The second kappa shape index (κ2) is 7.33. The zero-order chi connectivity index (χ0) is 18.6. The molecule has 0 fully saturated rings. The average Bonchev–Trinajstić information content (AvgIpc) is 3.42. The van der Waals surface area contributed by atoms with Crippen LogP contribution in [0.3, 0.4) is 0 Å². The minimum atomic E-state index is -0.288. The number of H-pyrrole nitrogens is 1. The summed E-state index contributed by atoms with van der Waals surface area (Å²) in [4.78, 5) is 29.7. The van der Waals surface area contributed by atoms with Crippen LogP contribution in [0.4, 0.5) is 0 Å². The quantitative estimate of drug-likeness (QED) is 0.511. The van der Waals surface area contributed by atoms with E-state index in [1.807, 2.05) is 16.8 Å². The van der Waals surface area contributed by atoms with Crippen molar-refractivity contribution in [2.45, 2.75) is 6.54 Å². The number of amides is 1. The minimum absolute atomic E-state index is 0.259. The lowest BCUT2D eigenvalue weighted by Gasteiger charge is -2.04. The van der Waals surface area contributed by atoms with Gasteiger partial charge < -0.3 is 14.8 Å². The maximum Gasteiger partial charge on any atom is 0.280 e. The molecule has 0 bridgehead atoms. The van der Waals surface area contributed by atoms with Crippen molar-refractivity contribution in [2.24, 2.45) is 0 Å². The largest absolute Gasteiger partial charge is 0.350 e. The Bertz CT molecular complexity index is 1090. The van der Waals surface area contributed by atoms with Crippen molar-refractivity contribution in [2.75, 3.05) is 6.54 Å². The Morgan fingerprint density at radius 3 is 3.04 bits per heavy atom. The van der Waals surface area contributed by atoms with Gasteiger partial charge in [0.1, 0.15) is 0 Å². The lowest BCUT2D eigenvalue weighted by atomic mass is 10.3. The van der Waals surface area contributed by atoms with Gasteiger partial charge in [0.25, 0.3) is 11.8 Å². The second-order valence-electron chi connectivity index (χ2n) is 5.50. The van der Waals surface area contributed by atoms with Gasteiger partial charge in [-0.05, 0) is 17.5 Å². The summed E-state index contributed by atoms with van der Waals surface area (Å²) in [5.74, 6) is 0.484. The molecule has 1 amide bonds. The molecule has 0 atom stereocenters. The molecule has 10 nitrogen and oxygen atoms in total. The first-order chi connectivity index (χ1) is 13.2. The van der Waals surface area contributed by atoms with Crippen LogP contribution in [0.25, 0.3) is 23.0 Å². The number of aromatic nitrogens is 6. The molecule has 0 aliphatic heterocycles. The van der Waals surface area contributed by atoms with E-state index in [-0.39, 0.29) is 17.4 Å². The maximum absolute atomic E-state index is 12.0. The molecule has 0 radical (unpaired) electrons. The van der Waals surface area contributed by atoms with Crippen molar-refractivity contribution in [3.8, 4) is 23.0 Å². The van der Waals surface area contributed by atoms with Crippen LogP contribution in [0.2, 0.25) is 0 Å². The molecular formula is C16H13N7O3S. The molecular weight excluding hydrogens is 370 g/mol. The number of carbonyl (C=O) groups excluding carboxylic acids is 1. The smallest absolute Gasteiger partial charge is 0.280 e. The van der Waals surface area contributed by atoms with Crippen molar-refractivity contribution in [1.29, 1.82) is 0 Å². The van der Waals surface area contributed by atoms with Crippen LogP contribution in [0.5, 0.6) is 0 Å². The monoisotopic (exact) mass is 383 g/mol. The molecule has 0 spiro atoms. The fourth-order valence-electron chi connectivity index (χ4n) is 2.28. The van der Waals surface area contributed by atoms with Gasteiger partial charge in [-0.15, -0.1) is 5.10 Å². The van der Waals surface area contributed by atoms with Gasteiger partial charge in [0.05, 0.1) is 18.3 Å². The highest BCUT2D eigenvalue weighted by Gasteiger charge is 2.14. The van der Waals surface area contributed by atoms with Crippen molar-refractivity contribution < 1.29 is 9.32 Å². The summed E-state index contributed by atoms with van der Waals surface area (Å²) >= 11 is 1.55. The predicted molar refractivity (Wildman–Crippen MR) is 96.0 cm³/mol. The van der Waals surface area contributed by atoms with Crippen molar-refractivity contribution in [1.82, 2.24) is 35.4 Å². The van der Waals surface area contributed by atoms with E-state index < -0.39 is 0 Å². The standard InChI is InChI=1S/C16H13N7O3S/c24-13-2-1-10(7-18-13)15(25)17-4-5-23-8-12(20-22-23)16-19-14(21-26-16)11-3-6-27-9-11/h1-3,6-9H,4-5H2,(H,17,25)(H,18,24). The molecule has 4 aromatic heterocycles. The van der Waals surface area contributed by atoms with Gasteiger partial charge >= 0.3 is 0 Å². The van der Waals surface area contributed by atoms with E-state index in [0.717, 1.165) is 5.56 Å². The van der Waals surface area contributed by atoms with Crippen LogP contribution < -0.4 is 10.9 Å². The van der Waals surface area contributed by atoms with Crippen LogP contribution in [-0.4, -0.2) is 42.6 Å². The zero-order valence-corrected chi connectivity index (χ0v) is 14.6. The van der Waals surface area contributed by atoms with Gasteiger partial charge in [-0.25, -0.2) is 4.68 Å². The lowest BCUT2D eigenvalue weighted by molar-refractivity contribution is 0.0951. The van der Waals surface area contributed by atoms with Gasteiger partial charge in [-0.1, -0.05) is 10.4 Å². The van der Waals surface area contributed by atoms with Crippen molar-refractivity contribution in [3.63, 3.8) is 0 Å². The lowest BCUT2D eigenvalue weighted by Crippen LogP contribution is -2.27. The Balaban J connectivity index is 1.35. The number of thiophene rings is 1. The first-order valence-corrected chi connectivity index (χ1v) is 8.87. The highest BCUT2D eigenvalue weighted by Crippen LogP contribution is 2.22. The number of aromatic amines is 1. The summed E-state index contributed by atoms with van der Waals surface area (Å²) in [7, 11) is 0. The van der Waals surface area contributed by atoms with E-state index in [0.29, 0.717) is 30.2 Å². The van der Waals surface area contributed by atoms with Crippen molar-refractivity contribution in [3.05, 3.63) is 57.3 Å². The van der Waals surface area contributed by atoms with E-state index in [4.69, 9.17) is 4.52 Å². The SMILES string of the molecule is O=C(NCCn1cc(-c2nc(-c3ccsc3)no2)nn1)c1ccc(=O)[nH]c1. The number of hydrogen-bond donors (Lipinski definition) is 2. The number of hydrogen-bond acceptors (Lipinski definition) is 8. The van der Waals surface area contributed by atoms with Crippen LogP contribution >= 0.6 is 11.3 Å². The van der Waals surface area contributed by atoms with Gasteiger partial charge in [0.15, 0.2) is 5.69 Å². The summed E-state index contributed by atoms with van der Waals surface area (Å²) in [5, 5.41) is 18.5. The number of pyridine rings is 1. The Labute approximate surface area is 155 Å². The Morgan fingerprint density at radius 1 is 1.33 bits per heavy atom. The van der Waals surface area contributed by atoms with Gasteiger partial charge in [0, 0.05) is 29.8 Å². The van der Waals surface area contributed by atoms with Crippen LogP contribution in [0.15, 0.2) is 50.7 Å². The number of rotatable bonds is 6. The average molecular weight is 383 g/mol. The first-order valence-electron chi connectivity index (χ1n) is 7.93. The van der Waals surface area contributed by atoms with E-state index in [1.54, 1.807) is 22.2 Å². The molecule has 2 N–H and O–H groups in total. The predicted octanol–water partition coefficient (Wildman–Crippen LogP) is 1.17. The van der Waals surface area contributed by atoms with Crippen LogP contribution in [0.1, 0.15) is 10.4 Å². The molecule has 0 saturated carbocycles. The fourth-order valence-corrected chi connectivity index (χ4v) is 2.91. The molecule has 27 heavy (non-hydrogen) atoms. The highest BCUT2D eigenvalue weighted by atomic mass is 32.1. The molecule has 11 heteroatoms. The molecule has 0 aliphatic rings. The topological polar surface area (TPSA) is 132 Å². The Kier molecular flexibility index (Phi) is 4.58. The molecule has 0 aliphatic carbocycles. The third kappa shape index (κ3) is 3.82. The number of carbonyl (C=O) groups is 1. The van der Waals surface area contributed by atoms with E-state index in [2.05, 4.69) is 30.8 Å². The van der Waals surface area contributed by atoms with E-state index >= 15 is 0 Å². The minimum Gasteiger partial charge on any atom is -0.350 e. The molecule has 0 saturated heterocycles. The molecule has 4 rings (SSSR count). The molecule has 136 valence electrons. The summed E-state index contributed by atoms with van der Waals surface area (Å²) in [5.41, 5.74) is 1.45.